The molecular formula is C14H23N3. The van der Waals surface area contributed by atoms with Gasteiger partial charge in [-0.15, -0.1) is 0 Å². The Balaban J connectivity index is 2.61. The van der Waals surface area contributed by atoms with Gasteiger partial charge in [0.1, 0.15) is 0 Å². The summed E-state index contributed by atoms with van der Waals surface area (Å²) < 4.78 is 2.18. The molecule has 0 saturated carbocycles. The minimum Gasteiger partial charge on any atom is -0.354 e. The van der Waals surface area contributed by atoms with Crippen molar-refractivity contribution in [3.05, 3.63) is 24.0 Å². The van der Waals surface area contributed by atoms with Crippen LogP contribution < -0.4 is 5.32 Å². The lowest BCUT2D eigenvalue weighted by Gasteiger charge is -2.20. The average Bonchev–Trinajstić information content (AvgIpc) is 2.74. The van der Waals surface area contributed by atoms with Crippen LogP contribution >= 0.6 is 0 Å². The third-order valence-corrected chi connectivity index (χ3v) is 2.93. The second kappa shape index (κ2) is 7.13. The minimum atomic E-state index is 0.428. The van der Waals surface area contributed by atoms with Crippen molar-refractivity contribution in [3.8, 4) is 6.07 Å². The van der Waals surface area contributed by atoms with Crippen LogP contribution in [0, 0.1) is 17.2 Å². The van der Waals surface area contributed by atoms with Crippen molar-refractivity contribution >= 4 is 0 Å². The summed E-state index contributed by atoms with van der Waals surface area (Å²) in [6, 6.07) is 4.79. The first-order chi connectivity index (χ1) is 8.19. The van der Waals surface area contributed by atoms with E-state index in [1.165, 1.54) is 5.56 Å². The quantitative estimate of drug-likeness (QED) is 0.735. The lowest BCUT2D eigenvalue weighted by Crippen LogP contribution is -2.25. The van der Waals surface area contributed by atoms with Gasteiger partial charge in [-0.05, 0) is 30.5 Å². The Bertz CT molecular complexity index is 360. The highest BCUT2D eigenvalue weighted by Gasteiger charge is 2.15. The molecular weight excluding hydrogens is 210 g/mol. The first-order valence-electron chi connectivity index (χ1n) is 6.45. The summed E-state index contributed by atoms with van der Waals surface area (Å²) in [7, 11) is 0. The molecule has 0 spiro atoms. The zero-order chi connectivity index (χ0) is 12.7. The molecule has 0 fully saturated rings. The number of rotatable bonds is 7. The van der Waals surface area contributed by atoms with Crippen molar-refractivity contribution in [1.82, 2.24) is 9.88 Å². The molecule has 3 heteroatoms. The Morgan fingerprint density at radius 3 is 2.82 bits per heavy atom. The number of hydrogen-bond acceptors (Lipinski definition) is 2. The van der Waals surface area contributed by atoms with Crippen LogP contribution in [-0.2, 0) is 6.54 Å². The number of nitrogens with zero attached hydrogens (tertiary/aromatic N) is 2. The molecule has 1 N–H and O–H groups in total. The van der Waals surface area contributed by atoms with Gasteiger partial charge in [-0.25, -0.2) is 0 Å². The fourth-order valence-electron chi connectivity index (χ4n) is 2.08. The van der Waals surface area contributed by atoms with Crippen LogP contribution in [0.3, 0.4) is 0 Å². The Morgan fingerprint density at radius 2 is 2.24 bits per heavy atom. The lowest BCUT2D eigenvalue weighted by atomic mass is 9.98. The zero-order valence-electron chi connectivity index (χ0n) is 11.1. The molecule has 0 radical (unpaired) electrons. The van der Waals surface area contributed by atoms with Crippen LogP contribution in [0.4, 0.5) is 0 Å². The van der Waals surface area contributed by atoms with Crippen molar-refractivity contribution in [2.45, 2.75) is 46.2 Å². The summed E-state index contributed by atoms with van der Waals surface area (Å²) in [5.41, 5.74) is 1.35. The Kier molecular flexibility index (Phi) is 5.79. The monoisotopic (exact) mass is 233 g/mol. The molecule has 1 atom stereocenters. The first-order valence-corrected chi connectivity index (χ1v) is 6.45. The van der Waals surface area contributed by atoms with E-state index in [-0.39, 0.29) is 0 Å². The molecule has 0 aliphatic heterocycles. The van der Waals surface area contributed by atoms with Crippen LogP contribution in [0.15, 0.2) is 18.5 Å². The first kappa shape index (κ1) is 13.8. The van der Waals surface area contributed by atoms with E-state index in [4.69, 9.17) is 5.26 Å². The van der Waals surface area contributed by atoms with Gasteiger partial charge in [-0.2, -0.15) is 5.26 Å². The second-order valence-corrected chi connectivity index (χ2v) is 4.72. The number of nitrogens with one attached hydrogen (secondary N) is 1. The molecule has 1 aromatic heterocycles. The maximum Gasteiger partial charge on any atom is 0.0622 e. The maximum atomic E-state index is 8.51. The fourth-order valence-corrected chi connectivity index (χ4v) is 2.08. The zero-order valence-corrected chi connectivity index (χ0v) is 11.1. The van der Waals surface area contributed by atoms with Gasteiger partial charge in [0.15, 0.2) is 0 Å². The van der Waals surface area contributed by atoms with Crippen molar-refractivity contribution in [2.24, 2.45) is 5.92 Å². The lowest BCUT2D eigenvalue weighted by molar-refractivity contribution is 0.421. The van der Waals surface area contributed by atoms with Crippen LogP contribution in [0.1, 0.15) is 45.2 Å². The van der Waals surface area contributed by atoms with E-state index in [0.29, 0.717) is 18.4 Å². The van der Waals surface area contributed by atoms with E-state index >= 15 is 0 Å². The van der Waals surface area contributed by atoms with Gasteiger partial charge in [0.2, 0.25) is 0 Å². The van der Waals surface area contributed by atoms with Crippen LogP contribution in [0.5, 0.6) is 0 Å². The predicted octanol–water partition coefficient (Wildman–Crippen LogP) is 3.10. The largest absolute Gasteiger partial charge is 0.354 e. The van der Waals surface area contributed by atoms with Gasteiger partial charge < -0.3 is 9.88 Å². The molecule has 3 nitrogen and oxygen atoms in total. The van der Waals surface area contributed by atoms with Crippen molar-refractivity contribution < 1.29 is 0 Å². The number of unbranched alkanes of at least 4 members (excludes halogenated alkanes) is 1. The van der Waals surface area contributed by atoms with E-state index in [0.717, 1.165) is 19.5 Å². The Morgan fingerprint density at radius 1 is 1.47 bits per heavy atom. The molecule has 0 bridgehead atoms. The van der Waals surface area contributed by atoms with E-state index in [1.807, 2.05) is 0 Å². The molecule has 94 valence electrons. The van der Waals surface area contributed by atoms with Gasteiger partial charge in [0.25, 0.3) is 0 Å². The van der Waals surface area contributed by atoms with Crippen molar-refractivity contribution in [3.63, 3.8) is 0 Å². The van der Waals surface area contributed by atoms with Gasteiger partial charge in [0, 0.05) is 31.4 Å². The van der Waals surface area contributed by atoms with E-state index in [9.17, 15) is 0 Å². The highest BCUT2D eigenvalue weighted by atomic mass is 15.0. The molecule has 1 aromatic rings. The standard InChI is InChI=1S/C14H23N3/c1-4-16-14(12(2)3)13-7-10-17(11-13)9-6-5-8-15/h7,10-12,14,16H,4-6,9H2,1-3H3. The molecule has 1 rings (SSSR count). The van der Waals surface area contributed by atoms with Crippen molar-refractivity contribution in [2.75, 3.05) is 6.54 Å². The number of aromatic nitrogens is 1. The summed E-state index contributed by atoms with van der Waals surface area (Å²) in [6.07, 6.45) is 5.87. The summed E-state index contributed by atoms with van der Waals surface area (Å²) in [5.74, 6) is 0.588. The fraction of sp³-hybridized carbons (Fsp3) is 0.643. The molecule has 1 unspecified atom stereocenters. The Hall–Kier alpha value is -1.27. The van der Waals surface area contributed by atoms with Gasteiger partial charge in [-0.3, -0.25) is 0 Å². The van der Waals surface area contributed by atoms with E-state index < -0.39 is 0 Å². The summed E-state index contributed by atoms with van der Waals surface area (Å²) in [4.78, 5) is 0. The molecule has 0 aliphatic carbocycles. The van der Waals surface area contributed by atoms with Crippen LogP contribution in [0.2, 0.25) is 0 Å². The summed E-state index contributed by atoms with van der Waals surface area (Å²) in [5, 5.41) is 12.0. The van der Waals surface area contributed by atoms with E-state index in [2.05, 4.69) is 55.2 Å². The molecule has 0 aromatic carbocycles. The third kappa shape index (κ3) is 4.24. The predicted molar refractivity (Wildman–Crippen MR) is 70.5 cm³/mol. The molecule has 0 saturated heterocycles. The van der Waals surface area contributed by atoms with Gasteiger partial charge in [0.05, 0.1) is 6.07 Å². The maximum absolute atomic E-state index is 8.51. The molecule has 0 aliphatic rings. The van der Waals surface area contributed by atoms with Crippen LogP contribution in [-0.4, -0.2) is 11.1 Å². The summed E-state index contributed by atoms with van der Waals surface area (Å²) in [6.45, 7) is 8.53. The highest BCUT2D eigenvalue weighted by Crippen LogP contribution is 2.21. The topological polar surface area (TPSA) is 40.8 Å². The second-order valence-electron chi connectivity index (χ2n) is 4.72. The van der Waals surface area contributed by atoms with Crippen molar-refractivity contribution in [1.29, 1.82) is 5.26 Å². The Labute approximate surface area is 104 Å². The average molecular weight is 233 g/mol. The number of aryl methyl sites for hydroxylation is 1. The SMILES string of the molecule is CCNC(c1ccn(CCCC#N)c1)C(C)C. The minimum absolute atomic E-state index is 0.428. The third-order valence-electron chi connectivity index (χ3n) is 2.93. The normalized spacial score (nSPS) is 12.6. The van der Waals surface area contributed by atoms with Gasteiger partial charge in [-0.1, -0.05) is 20.8 Å². The number of nitriles is 1. The highest BCUT2D eigenvalue weighted by molar-refractivity contribution is 5.16. The molecule has 17 heavy (non-hydrogen) atoms. The van der Waals surface area contributed by atoms with Gasteiger partial charge >= 0.3 is 0 Å². The van der Waals surface area contributed by atoms with Crippen LogP contribution in [0.25, 0.3) is 0 Å². The molecule has 1 heterocycles. The summed E-state index contributed by atoms with van der Waals surface area (Å²) >= 11 is 0. The van der Waals surface area contributed by atoms with E-state index in [1.54, 1.807) is 0 Å². The molecule has 0 amide bonds. The smallest absolute Gasteiger partial charge is 0.0622 e. The number of hydrogen-bond donors (Lipinski definition) is 1.